The van der Waals surface area contributed by atoms with Gasteiger partial charge in [-0.15, -0.1) is 0 Å². The quantitative estimate of drug-likeness (QED) is 0.864. The minimum atomic E-state index is -0.499. The first kappa shape index (κ1) is 12.3. The highest BCUT2D eigenvalue weighted by atomic mass is 19.1. The van der Waals surface area contributed by atoms with Crippen LogP contribution in [-0.4, -0.2) is 22.2 Å². The predicted molar refractivity (Wildman–Crippen MR) is 64.8 cm³/mol. The Hall–Kier alpha value is -2.18. The molecule has 96 valence electrons. The third kappa shape index (κ3) is 2.39. The molecule has 0 saturated heterocycles. The summed E-state index contributed by atoms with van der Waals surface area (Å²) in [6.45, 7) is 4.05. The molecule has 0 aromatic carbocycles. The number of nitrogens with one attached hydrogen (secondary N) is 2. The molecule has 0 aliphatic carbocycles. The van der Waals surface area contributed by atoms with Crippen LogP contribution in [0.3, 0.4) is 0 Å². The summed E-state index contributed by atoms with van der Waals surface area (Å²) in [5.41, 5.74) is 1.68. The summed E-state index contributed by atoms with van der Waals surface area (Å²) in [7, 11) is 1.67. The van der Waals surface area contributed by atoms with Crippen LogP contribution in [0.5, 0.6) is 0 Å². The second-order valence-corrected chi connectivity index (χ2v) is 3.80. The van der Waals surface area contributed by atoms with Crippen molar-refractivity contribution >= 4 is 11.8 Å². The number of aromatic nitrogens is 3. The Kier molecular flexibility index (Phi) is 3.40. The molecule has 2 rings (SSSR count). The third-order valence-corrected chi connectivity index (χ3v) is 2.58. The third-order valence-electron chi connectivity index (χ3n) is 2.58. The van der Waals surface area contributed by atoms with Crippen molar-refractivity contribution in [2.75, 3.05) is 17.7 Å². The lowest BCUT2D eigenvalue weighted by Gasteiger charge is -2.07. The Labute approximate surface area is 104 Å². The number of nitrogens with zero attached hydrogens (tertiary/aromatic N) is 3. The Morgan fingerprint density at radius 3 is 2.78 bits per heavy atom. The smallest absolute Gasteiger partial charge is 0.224 e. The van der Waals surface area contributed by atoms with E-state index in [1.807, 2.05) is 13.8 Å². The van der Waals surface area contributed by atoms with Crippen molar-refractivity contribution in [3.8, 4) is 0 Å². The summed E-state index contributed by atoms with van der Waals surface area (Å²) < 4.78 is 18.5. The standard InChI is InChI=1S/C11H14FN5O/c1-6-8(7(2)18-17-6)4-14-10-9(12)5-15-11(13-3)16-10/h5H,4H2,1-3H3,(H2,13,14,15,16). The van der Waals surface area contributed by atoms with Crippen molar-refractivity contribution < 1.29 is 8.91 Å². The van der Waals surface area contributed by atoms with Crippen LogP contribution in [0.2, 0.25) is 0 Å². The maximum atomic E-state index is 13.5. The van der Waals surface area contributed by atoms with Gasteiger partial charge in [0, 0.05) is 19.2 Å². The molecule has 0 fully saturated rings. The molecule has 0 amide bonds. The first-order chi connectivity index (χ1) is 8.61. The van der Waals surface area contributed by atoms with Gasteiger partial charge in [0.25, 0.3) is 0 Å². The zero-order valence-electron chi connectivity index (χ0n) is 10.4. The molecule has 0 aliphatic heterocycles. The van der Waals surface area contributed by atoms with E-state index >= 15 is 0 Å². The second-order valence-electron chi connectivity index (χ2n) is 3.80. The van der Waals surface area contributed by atoms with Crippen molar-refractivity contribution in [3.63, 3.8) is 0 Å². The van der Waals surface area contributed by atoms with Gasteiger partial charge in [0.2, 0.25) is 5.95 Å². The van der Waals surface area contributed by atoms with E-state index in [4.69, 9.17) is 4.52 Å². The lowest BCUT2D eigenvalue weighted by molar-refractivity contribution is 0.392. The minimum absolute atomic E-state index is 0.148. The molecule has 0 radical (unpaired) electrons. The van der Waals surface area contributed by atoms with Crippen LogP contribution >= 0.6 is 0 Å². The first-order valence-electron chi connectivity index (χ1n) is 5.47. The minimum Gasteiger partial charge on any atom is -0.363 e. The van der Waals surface area contributed by atoms with Crippen molar-refractivity contribution in [2.45, 2.75) is 20.4 Å². The Morgan fingerprint density at radius 2 is 2.17 bits per heavy atom. The molecule has 0 saturated carbocycles. The zero-order valence-corrected chi connectivity index (χ0v) is 10.4. The molecule has 0 spiro atoms. The summed E-state index contributed by atoms with van der Waals surface area (Å²) in [5, 5.41) is 9.49. The highest BCUT2D eigenvalue weighted by Gasteiger charge is 2.11. The number of rotatable bonds is 4. The molecular weight excluding hydrogens is 237 g/mol. The van der Waals surface area contributed by atoms with Crippen LogP contribution in [0, 0.1) is 19.7 Å². The number of hydrogen-bond donors (Lipinski definition) is 2. The van der Waals surface area contributed by atoms with Gasteiger partial charge in [-0.05, 0) is 13.8 Å². The lowest BCUT2D eigenvalue weighted by atomic mass is 10.2. The summed E-state index contributed by atoms with van der Waals surface area (Å²) >= 11 is 0. The van der Waals surface area contributed by atoms with Crippen LogP contribution in [0.25, 0.3) is 0 Å². The molecule has 2 N–H and O–H groups in total. The molecule has 0 atom stereocenters. The monoisotopic (exact) mass is 251 g/mol. The van der Waals surface area contributed by atoms with Crippen molar-refractivity contribution in [1.29, 1.82) is 0 Å². The highest BCUT2D eigenvalue weighted by molar-refractivity contribution is 5.42. The fraction of sp³-hybridized carbons (Fsp3) is 0.364. The average Bonchev–Trinajstić information content (AvgIpc) is 2.68. The SMILES string of the molecule is CNc1ncc(F)c(NCc2c(C)noc2C)n1. The van der Waals surface area contributed by atoms with Crippen LogP contribution in [0.4, 0.5) is 16.2 Å². The van der Waals surface area contributed by atoms with Crippen molar-refractivity contribution in [2.24, 2.45) is 0 Å². The molecule has 18 heavy (non-hydrogen) atoms. The van der Waals surface area contributed by atoms with E-state index in [0.29, 0.717) is 18.3 Å². The number of aryl methyl sites for hydroxylation is 2. The van der Waals surface area contributed by atoms with E-state index in [0.717, 1.165) is 17.5 Å². The van der Waals surface area contributed by atoms with Gasteiger partial charge in [0.15, 0.2) is 11.6 Å². The summed E-state index contributed by atoms with van der Waals surface area (Å²) in [6.07, 6.45) is 1.12. The maximum absolute atomic E-state index is 13.5. The number of halogens is 1. The van der Waals surface area contributed by atoms with E-state index in [1.165, 1.54) is 0 Å². The van der Waals surface area contributed by atoms with Gasteiger partial charge < -0.3 is 15.2 Å². The lowest BCUT2D eigenvalue weighted by Crippen LogP contribution is -2.07. The molecular formula is C11H14FN5O. The highest BCUT2D eigenvalue weighted by Crippen LogP contribution is 2.16. The van der Waals surface area contributed by atoms with E-state index < -0.39 is 5.82 Å². The van der Waals surface area contributed by atoms with Gasteiger partial charge in [-0.3, -0.25) is 0 Å². The zero-order chi connectivity index (χ0) is 13.1. The van der Waals surface area contributed by atoms with Gasteiger partial charge in [-0.1, -0.05) is 5.16 Å². The Bertz CT molecular complexity index is 535. The van der Waals surface area contributed by atoms with E-state index in [1.54, 1.807) is 7.05 Å². The molecule has 2 heterocycles. The summed E-state index contributed by atoms with van der Waals surface area (Å²) in [4.78, 5) is 7.76. The van der Waals surface area contributed by atoms with Crippen LogP contribution < -0.4 is 10.6 Å². The van der Waals surface area contributed by atoms with Gasteiger partial charge in [-0.25, -0.2) is 9.37 Å². The topological polar surface area (TPSA) is 75.9 Å². The van der Waals surface area contributed by atoms with Gasteiger partial charge >= 0.3 is 0 Å². The van der Waals surface area contributed by atoms with Crippen molar-refractivity contribution in [1.82, 2.24) is 15.1 Å². The average molecular weight is 251 g/mol. The molecule has 2 aromatic rings. The van der Waals surface area contributed by atoms with Crippen LogP contribution in [0.15, 0.2) is 10.7 Å². The first-order valence-corrected chi connectivity index (χ1v) is 5.47. The van der Waals surface area contributed by atoms with Crippen LogP contribution in [0.1, 0.15) is 17.0 Å². The second kappa shape index (κ2) is 4.99. The summed E-state index contributed by atoms with van der Waals surface area (Å²) in [5.74, 6) is 0.719. The van der Waals surface area contributed by atoms with Crippen molar-refractivity contribution in [3.05, 3.63) is 29.0 Å². The van der Waals surface area contributed by atoms with Gasteiger partial charge in [-0.2, -0.15) is 4.98 Å². The maximum Gasteiger partial charge on any atom is 0.224 e. The molecule has 0 unspecified atom stereocenters. The predicted octanol–water partition coefficient (Wildman–Crippen LogP) is 1.87. The summed E-state index contributed by atoms with van der Waals surface area (Å²) in [6, 6.07) is 0. The Balaban J connectivity index is 2.15. The van der Waals surface area contributed by atoms with Crippen LogP contribution in [-0.2, 0) is 6.54 Å². The van der Waals surface area contributed by atoms with Gasteiger partial charge in [0.1, 0.15) is 5.76 Å². The fourth-order valence-electron chi connectivity index (χ4n) is 1.54. The number of anilines is 2. The Morgan fingerprint density at radius 1 is 1.39 bits per heavy atom. The molecule has 7 heteroatoms. The molecule has 6 nitrogen and oxygen atoms in total. The van der Waals surface area contributed by atoms with Gasteiger partial charge in [0.05, 0.1) is 11.9 Å². The molecule has 2 aromatic heterocycles. The molecule has 0 bridgehead atoms. The van der Waals surface area contributed by atoms with E-state index in [-0.39, 0.29) is 5.82 Å². The fourth-order valence-corrected chi connectivity index (χ4v) is 1.54. The largest absolute Gasteiger partial charge is 0.363 e. The molecule has 0 aliphatic rings. The van der Waals surface area contributed by atoms with E-state index in [9.17, 15) is 4.39 Å². The number of hydrogen-bond acceptors (Lipinski definition) is 6. The van der Waals surface area contributed by atoms with E-state index in [2.05, 4.69) is 25.8 Å². The normalized spacial score (nSPS) is 10.4.